The summed E-state index contributed by atoms with van der Waals surface area (Å²) >= 11 is 0. The topological polar surface area (TPSA) is 62.7 Å². The molecule has 0 aromatic carbocycles. The van der Waals surface area contributed by atoms with Crippen molar-refractivity contribution in [1.29, 1.82) is 0 Å². The van der Waals surface area contributed by atoms with Gasteiger partial charge in [0, 0.05) is 37.0 Å². The van der Waals surface area contributed by atoms with Gasteiger partial charge in [-0.15, -0.1) is 0 Å². The minimum Gasteiger partial charge on any atom is -0.366 e. The summed E-state index contributed by atoms with van der Waals surface area (Å²) in [6.45, 7) is 4.90. The number of hydrogen-bond acceptors (Lipinski definition) is 5. The zero-order valence-electron chi connectivity index (χ0n) is 12.5. The molecule has 0 amide bonds. The quantitative estimate of drug-likeness (QED) is 0.852. The molecular weight excluding hydrogens is 262 g/mol. The molecule has 110 valence electrons. The van der Waals surface area contributed by atoms with E-state index < -0.39 is 0 Å². The Hall–Kier alpha value is -2.17. The summed E-state index contributed by atoms with van der Waals surface area (Å²) in [4.78, 5) is 13.3. The number of hydrogen-bond donors (Lipinski definition) is 2. The highest BCUT2D eigenvalue weighted by Gasteiger charge is 2.26. The molecule has 2 aromatic rings. The fourth-order valence-corrected chi connectivity index (χ4v) is 2.16. The monoisotopic (exact) mass is 283 g/mol. The van der Waals surface area contributed by atoms with Gasteiger partial charge in [0.1, 0.15) is 5.82 Å². The largest absolute Gasteiger partial charge is 0.366 e. The van der Waals surface area contributed by atoms with Crippen molar-refractivity contribution in [2.24, 2.45) is 0 Å². The number of pyridine rings is 1. The van der Waals surface area contributed by atoms with E-state index in [2.05, 4.69) is 51.6 Å². The molecule has 3 rings (SSSR count). The van der Waals surface area contributed by atoms with Gasteiger partial charge in [0.2, 0.25) is 5.95 Å². The molecule has 2 heterocycles. The van der Waals surface area contributed by atoms with Crippen molar-refractivity contribution >= 4 is 11.8 Å². The second-order valence-corrected chi connectivity index (χ2v) is 5.79. The Morgan fingerprint density at radius 2 is 2.14 bits per heavy atom. The molecule has 21 heavy (non-hydrogen) atoms. The predicted octanol–water partition coefficient (Wildman–Crippen LogP) is 3.18. The van der Waals surface area contributed by atoms with E-state index in [4.69, 9.17) is 0 Å². The summed E-state index contributed by atoms with van der Waals surface area (Å²) in [5.74, 6) is 2.20. The fraction of sp³-hybridized carbons (Fsp3) is 0.438. The van der Waals surface area contributed by atoms with Crippen LogP contribution in [0.5, 0.6) is 0 Å². The molecule has 0 spiro atoms. The van der Waals surface area contributed by atoms with E-state index in [0.717, 1.165) is 23.6 Å². The SMILES string of the molecule is CC(C)Nc1nc(NCc2cccnc2)cc(C2CC2)n1. The average molecular weight is 283 g/mol. The van der Waals surface area contributed by atoms with Crippen LogP contribution < -0.4 is 10.6 Å². The van der Waals surface area contributed by atoms with Crippen LogP contribution in [0.15, 0.2) is 30.6 Å². The molecule has 0 atom stereocenters. The van der Waals surface area contributed by atoms with Gasteiger partial charge in [-0.05, 0) is 38.3 Å². The molecular formula is C16H21N5. The minimum atomic E-state index is 0.325. The molecule has 2 aromatic heterocycles. The van der Waals surface area contributed by atoms with Crippen LogP contribution in [0, 0.1) is 0 Å². The molecule has 1 aliphatic carbocycles. The third-order valence-corrected chi connectivity index (χ3v) is 3.36. The molecule has 0 unspecified atom stereocenters. The van der Waals surface area contributed by atoms with Gasteiger partial charge >= 0.3 is 0 Å². The van der Waals surface area contributed by atoms with Crippen molar-refractivity contribution in [3.63, 3.8) is 0 Å². The van der Waals surface area contributed by atoms with E-state index in [1.807, 2.05) is 12.3 Å². The predicted molar refractivity (Wildman–Crippen MR) is 84.3 cm³/mol. The van der Waals surface area contributed by atoms with E-state index in [0.29, 0.717) is 17.9 Å². The lowest BCUT2D eigenvalue weighted by Crippen LogP contribution is -2.14. The molecule has 0 radical (unpaired) electrons. The van der Waals surface area contributed by atoms with E-state index in [-0.39, 0.29) is 0 Å². The zero-order valence-corrected chi connectivity index (χ0v) is 12.5. The normalized spacial score (nSPS) is 14.2. The number of rotatable bonds is 6. The van der Waals surface area contributed by atoms with Gasteiger partial charge in [0.05, 0.1) is 5.69 Å². The first-order valence-electron chi connectivity index (χ1n) is 7.49. The van der Waals surface area contributed by atoms with Gasteiger partial charge in [-0.3, -0.25) is 4.98 Å². The van der Waals surface area contributed by atoms with Crippen LogP contribution in [0.1, 0.15) is 43.9 Å². The van der Waals surface area contributed by atoms with Crippen LogP contribution in [0.2, 0.25) is 0 Å². The summed E-state index contributed by atoms with van der Waals surface area (Å²) in [6, 6.07) is 6.39. The first-order valence-corrected chi connectivity index (χ1v) is 7.49. The van der Waals surface area contributed by atoms with Crippen molar-refractivity contribution < 1.29 is 0 Å². The Morgan fingerprint density at radius 1 is 1.29 bits per heavy atom. The number of anilines is 2. The third-order valence-electron chi connectivity index (χ3n) is 3.36. The second kappa shape index (κ2) is 6.08. The molecule has 0 bridgehead atoms. The van der Waals surface area contributed by atoms with Gasteiger partial charge in [0.25, 0.3) is 0 Å². The minimum absolute atomic E-state index is 0.325. The van der Waals surface area contributed by atoms with Crippen molar-refractivity contribution in [2.45, 2.75) is 45.2 Å². The maximum Gasteiger partial charge on any atom is 0.225 e. The van der Waals surface area contributed by atoms with E-state index in [1.165, 1.54) is 12.8 Å². The van der Waals surface area contributed by atoms with Gasteiger partial charge in [-0.2, -0.15) is 4.98 Å². The summed E-state index contributed by atoms with van der Waals surface area (Å²) < 4.78 is 0. The Bertz CT molecular complexity index is 593. The van der Waals surface area contributed by atoms with Crippen LogP contribution >= 0.6 is 0 Å². The van der Waals surface area contributed by atoms with Crippen LogP contribution in [-0.2, 0) is 6.54 Å². The molecule has 5 heteroatoms. The molecule has 1 fully saturated rings. The highest BCUT2D eigenvalue weighted by atomic mass is 15.2. The van der Waals surface area contributed by atoms with E-state index in [9.17, 15) is 0 Å². The van der Waals surface area contributed by atoms with Crippen molar-refractivity contribution in [1.82, 2.24) is 15.0 Å². The van der Waals surface area contributed by atoms with E-state index in [1.54, 1.807) is 6.20 Å². The Morgan fingerprint density at radius 3 is 2.81 bits per heavy atom. The standard InChI is InChI=1S/C16H21N5/c1-11(2)19-16-20-14(13-5-6-13)8-15(21-16)18-10-12-4-3-7-17-9-12/h3-4,7-9,11,13H,5-6,10H2,1-2H3,(H2,18,19,20,21). The highest BCUT2D eigenvalue weighted by Crippen LogP contribution is 2.39. The zero-order chi connectivity index (χ0) is 14.7. The van der Waals surface area contributed by atoms with Gasteiger partial charge in [-0.25, -0.2) is 4.98 Å². The molecule has 0 saturated heterocycles. The van der Waals surface area contributed by atoms with Gasteiger partial charge < -0.3 is 10.6 Å². The van der Waals surface area contributed by atoms with E-state index >= 15 is 0 Å². The summed E-state index contributed by atoms with van der Waals surface area (Å²) in [5.41, 5.74) is 2.28. The average Bonchev–Trinajstić information content (AvgIpc) is 3.30. The van der Waals surface area contributed by atoms with Gasteiger partial charge in [0.15, 0.2) is 0 Å². The lowest BCUT2D eigenvalue weighted by atomic mass is 10.2. The second-order valence-electron chi connectivity index (χ2n) is 5.79. The molecule has 1 aliphatic rings. The Labute approximate surface area is 125 Å². The van der Waals surface area contributed by atoms with Crippen LogP contribution in [0.25, 0.3) is 0 Å². The van der Waals surface area contributed by atoms with Crippen molar-refractivity contribution in [2.75, 3.05) is 10.6 Å². The maximum atomic E-state index is 4.62. The molecule has 5 nitrogen and oxygen atoms in total. The maximum absolute atomic E-state index is 4.62. The van der Waals surface area contributed by atoms with Crippen LogP contribution in [-0.4, -0.2) is 21.0 Å². The first-order chi connectivity index (χ1) is 10.2. The third kappa shape index (κ3) is 3.90. The summed E-state index contributed by atoms with van der Waals surface area (Å²) in [7, 11) is 0. The fourth-order valence-electron chi connectivity index (χ4n) is 2.16. The van der Waals surface area contributed by atoms with Crippen molar-refractivity contribution in [3.05, 3.63) is 41.9 Å². The van der Waals surface area contributed by atoms with Crippen LogP contribution in [0.4, 0.5) is 11.8 Å². The van der Waals surface area contributed by atoms with Gasteiger partial charge in [-0.1, -0.05) is 6.07 Å². The molecule has 1 saturated carbocycles. The summed E-state index contributed by atoms with van der Waals surface area (Å²) in [6.07, 6.45) is 6.12. The highest BCUT2D eigenvalue weighted by molar-refractivity contribution is 5.44. The Kier molecular flexibility index (Phi) is 3.99. The number of nitrogens with one attached hydrogen (secondary N) is 2. The Balaban J connectivity index is 1.75. The van der Waals surface area contributed by atoms with Crippen molar-refractivity contribution in [3.8, 4) is 0 Å². The molecule has 2 N–H and O–H groups in total. The smallest absolute Gasteiger partial charge is 0.225 e. The lowest BCUT2D eigenvalue weighted by molar-refractivity contribution is 0.862. The number of aromatic nitrogens is 3. The molecule has 0 aliphatic heterocycles. The summed E-state index contributed by atoms with van der Waals surface area (Å²) in [5, 5.41) is 6.66. The number of nitrogens with zero attached hydrogens (tertiary/aromatic N) is 3. The lowest BCUT2D eigenvalue weighted by Gasteiger charge is -2.12. The first kappa shape index (κ1) is 13.8. The van der Waals surface area contributed by atoms with Crippen LogP contribution in [0.3, 0.4) is 0 Å².